The van der Waals surface area contributed by atoms with Crippen molar-refractivity contribution in [2.75, 3.05) is 18.0 Å². The van der Waals surface area contributed by atoms with E-state index in [-0.39, 0.29) is 12.4 Å². The summed E-state index contributed by atoms with van der Waals surface area (Å²) in [7, 11) is 0. The highest BCUT2D eigenvalue weighted by Crippen LogP contribution is 2.18. The molecule has 2 rings (SSSR count). The summed E-state index contributed by atoms with van der Waals surface area (Å²) in [6, 6.07) is 15.2. The minimum atomic E-state index is -0.303. The van der Waals surface area contributed by atoms with Crippen LogP contribution < -0.4 is 10.6 Å². The van der Waals surface area contributed by atoms with Crippen LogP contribution in [-0.2, 0) is 6.54 Å². The van der Waals surface area contributed by atoms with E-state index in [1.54, 1.807) is 12.1 Å². The van der Waals surface area contributed by atoms with E-state index in [0.717, 1.165) is 24.3 Å². The average molecular weight is 282 g/mol. The van der Waals surface area contributed by atoms with E-state index >= 15 is 0 Å². The van der Waals surface area contributed by atoms with Crippen LogP contribution >= 0.6 is 0 Å². The first-order valence-corrected chi connectivity index (χ1v) is 7.02. The van der Waals surface area contributed by atoms with Crippen molar-refractivity contribution >= 4 is 5.69 Å². The molecule has 2 N–H and O–H groups in total. The molecular formula is C18H19FN2. The van der Waals surface area contributed by atoms with Gasteiger partial charge in [0.15, 0.2) is 0 Å². The third kappa shape index (κ3) is 4.08. The second-order valence-electron chi connectivity index (χ2n) is 4.67. The van der Waals surface area contributed by atoms with Crippen molar-refractivity contribution in [1.29, 1.82) is 0 Å². The number of nitrogens with two attached hydrogens (primary N) is 1. The van der Waals surface area contributed by atoms with Crippen molar-refractivity contribution in [3.63, 3.8) is 0 Å². The van der Waals surface area contributed by atoms with Crippen LogP contribution in [0.3, 0.4) is 0 Å². The van der Waals surface area contributed by atoms with Crippen LogP contribution in [0.4, 0.5) is 10.1 Å². The molecule has 0 saturated heterocycles. The maximum Gasteiger partial charge on any atom is 0.138 e. The van der Waals surface area contributed by atoms with Crippen LogP contribution in [0.5, 0.6) is 0 Å². The quantitative estimate of drug-likeness (QED) is 0.873. The molecule has 0 heterocycles. The van der Waals surface area contributed by atoms with Gasteiger partial charge in [-0.05, 0) is 36.8 Å². The first-order valence-electron chi connectivity index (χ1n) is 7.02. The summed E-state index contributed by atoms with van der Waals surface area (Å²) in [4.78, 5) is 2.23. The molecular weight excluding hydrogens is 263 g/mol. The van der Waals surface area contributed by atoms with Crippen molar-refractivity contribution < 1.29 is 4.39 Å². The fraction of sp³-hybridized carbons (Fsp3) is 0.222. The third-order valence-electron chi connectivity index (χ3n) is 3.23. The van der Waals surface area contributed by atoms with Gasteiger partial charge in [0.05, 0.1) is 12.1 Å². The Balaban J connectivity index is 2.22. The van der Waals surface area contributed by atoms with Crippen LogP contribution in [0.15, 0.2) is 48.5 Å². The van der Waals surface area contributed by atoms with E-state index in [1.807, 2.05) is 18.2 Å². The summed E-state index contributed by atoms with van der Waals surface area (Å²) >= 11 is 0. The Kier molecular flexibility index (Phi) is 5.36. The van der Waals surface area contributed by atoms with Gasteiger partial charge < -0.3 is 10.6 Å². The van der Waals surface area contributed by atoms with Gasteiger partial charge in [-0.1, -0.05) is 36.1 Å². The molecule has 2 nitrogen and oxygen atoms in total. The second kappa shape index (κ2) is 7.47. The van der Waals surface area contributed by atoms with Crippen molar-refractivity contribution in [2.24, 2.45) is 5.73 Å². The van der Waals surface area contributed by atoms with Crippen molar-refractivity contribution in [1.82, 2.24) is 0 Å². The number of anilines is 1. The first kappa shape index (κ1) is 15.1. The Morgan fingerprint density at radius 1 is 1.14 bits per heavy atom. The Bertz CT molecular complexity index is 641. The Hall–Kier alpha value is -2.31. The van der Waals surface area contributed by atoms with Gasteiger partial charge in [-0.15, -0.1) is 0 Å². The van der Waals surface area contributed by atoms with Gasteiger partial charge in [0.25, 0.3) is 0 Å². The highest BCUT2D eigenvalue weighted by Gasteiger charge is 2.07. The smallest absolute Gasteiger partial charge is 0.138 e. The summed E-state index contributed by atoms with van der Waals surface area (Å²) in [5.41, 5.74) is 7.93. The zero-order valence-electron chi connectivity index (χ0n) is 12.1. The van der Waals surface area contributed by atoms with E-state index < -0.39 is 0 Å². The molecule has 0 aliphatic rings. The highest BCUT2D eigenvalue weighted by atomic mass is 19.1. The van der Waals surface area contributed by atoms with Crippen molar-refractivity contribution in [3.05, 3.63) is 65.5 Å². The van der Waals surface area contributed by atoms with Crippen LogP contribution in [0.1, 0.15) is 18.1 Å². The van der Waals surface area contributed by atoms with Crippen LogP contribution in [-0.4, -0.2) is 13.1 Å². The van der Waals surface area contributed by atoms with Gasteiger partial charge >= 0.3 is 0 Å². The molecule has 0 spiro atoms. The molecule has 21 heavy (non-hydrogen) atoms. The number of benzene rings is 2. The number of halogens is 1. The lowest BCUT2D eigenvalue weighted by molar-refractivity contribution is 0.623. The van der Waals surface area contributed by atoms with Crippen LogP contribution in [0.25, 0.3) is 0 Å². The predicted molar refractivity (Wildman–Crippen MR) is 85.5 cm³/mol. The Morgan fingerprint density at radius 3 is 2.57 bits per heavy atom. The predicted octanol–water partition coefficient (Wildman–Crippen LogP) is 3.16. The maximum atomic E-state index is 13.7. The topological polar surface area (TPSA) is 29.3 Å². The zero-order chi connectivity index (χ0) is 15.1. The fourth-order valence-electron chi connectivity index (χ4n) is 2.16. The highest BCUT2D eigenvalue weighted by molar-refractivity contribution is 5.47. The minimum Gasteiger partial charge on any atom is -0.367 e. The summed E-state index contributed by atoms with van der Waals surface area (Å²) < 4.78 is 13.7. The molecule has 0 unspecified atom stereocenters. The third-order valence-corrected chi connectivity index (χ3v) is 3.23. The average Bonchev–Trinajstić information content (AvgIpc) is 2.53. The summed E-state index contributed by atoms with van der Waals surface area (Å²) in [5, 5.41) is 0. The monoisotopic (exact) mass is 282 g/mol. The maximum absolute atomic E-state index is 13.7. The molecule has 0 saturated carbocycles. The zero-order valence-corrected chi connectivity index (χ0v) is 12.1. The standard InChI is InChI=1S/C18H19FN2/c1-2-21(17-8-4-3-5-9-17)14-15-10-11-18(19)16(13-15)7-6-12-20/h3-5,8-11,13H,2,12,14,20H2,1H3. The van der Waals surface area contributed by atoms with E-state index in [9.17, 15) is 4.39 Å². The molecule has 0 aromatic heterocycles. The normalized spacial score (nSPS) is 9.86. The van der Waals surface area contributed by atoms with E-state index in [1.165, 1.54) is 6.07 Å². The van der Waals surface area contributed by atoms with Gasteiger partial charge in [-0.2, -0.15) is 0 Å². The summed E-state index contributed by atoms with van der Waals surface area (Å²) in [6.45, 7) is 3.93. The van der Waals surface area contributed by atoms with Gasteiger partial charge in [0, 0.05) is 18.8 Å². The van der Waals surface area contributed by atoms with E-state index in [2.05, 4.69) is 35.8 Å². The van der Waals surface area contributed by atoms with Crippen LogP contribution in [0.2, 0.25) is 0 Å². The molecule has 0 radical (unpaired) electrons. The van der Waals surface area contributed by atoms with Crippen molar-refractivity contribution in [2.45, 2.75) is 13.5 Å². The number of hydrogen-bond donors (Lipinski definition) is 1. The molecule has 108 valence electrons. The molecule has 2 aromatic carbocycles. The number of hydrogen-bond acceptors (Lipinski definition) is 2. The van der Waals surface area contributed by atoms with Crippen LogP contribution in [0, 0.1) is 17.7 Å². The molecule has 0 aliphatic heterocycles. The van der Waals surface area contributed by atoms with Gasteiger partial charge in [0.2, 0.25) is 0 Å². The molecule has 3 heteroatoms. The Labute approximate surface area is 125 Å². The lowest BCUT2D eigenvalue weighted by Gasteiger charge is -2.23. The summed E-state index contributed by atoms with van der Waals surface area (Å²) in [6.07, 6.45) is 0. The molecule has 2 aromatic rings. The molecule has 0 amide bonds. The number of rotatable bonds is 4. The van der Waals surface area contributed by atoms with Gasteiger partial charge in [-0.25, -0.2) is 4.39 Å². The fourth-order valence-corrected chi connectivity index (χ4v) is 2.16. The van der Waals surface area contributed by atoms with Gasteiger partial charge in [0.1, 0.15) is 5.82 Å². The molecule has 0 aliphatic carbocycles. The SMILES string of the molecule is CCN(Cc1ccc(F)c(C#CCN)c1)c1ccccc1. The largest absolute Gasteiger partial charge is 0.367 e. The lowest BCUT2D eigenvalue weighted by Crippen LogP contribution is -2.21. The molecule has 0 bridgehead atoms. The molecule has 0 fully saturated rings. The second-order valence-corrected chi connectivity index (χ2v) is 4.67. The number of para-hydroxylation sites is 1. The van der Waals surface area contributed by atoms with E-state index in [0.29, 0.717) is 5.56 Å². The minimum absolute atomic E-state index is 0.231. The molecule has 0 atom stereocenters. The van der Waals surface area contributed by atoms with Gasteiger partial charge in [-0.3, -0.25) is 0 Å². The van der Waals surface area contributed by atoms with E-state index in [4.69, 9.17) is 5.73 Å². The Morgan fingerprint density at radius 2 is 1.90 bits per heavy atom. The van der Waals surface area contributed by atoms with Crippen molar-refractivity contribution in [3.8, 4) is 11.8 Å². The number of nitrogens with zero attached hydrogens (tertiary/aromatic N) is 1. The summed E-state index contributed by atoms with van der Waals surface area (Å²) in [5.74, 6) is 5.17. The first-order chi connectivity index (χ1) is 10.2. The lowest BCUT2D eigenvalue weighted by atomic mass is 10.1.